The van der Waals surface area contributed by atoms with E-state index in [0.29, 0.717) is 0 Å². The predicted octanol–water partition coefficient (Wildman–Crippen LogP) is 5.19. The summed E-state index contributed by atoms with van der Waals surface area (Å²) in [7, 11) is 0. The Hall–Kier alpha value is 0.350. The number of unbranched alkanes of at least 4 members (excludes halogenated alkanes) is 9. The Balaban J connectivity index is 2.78. The van der Waals surface area contributed by atoms with Crippen molar-refractivity contribution in [1.82, 2.24) is 0 Å². The third-order valence-corrected chi connectivity index (χ3v) is 3.09. The Morgan fingerprint density at radius 1 is 0.714 bits per heavy atom. The average molecular weight is 213 g/mol. The van der Waals surface area contributed by atoms with Gasteiger partial charge in [0.25, 0.3) is 0 Å². The largest absolute Gasteiger partial charge is 0.150 e. The van der Waals surface area contributed by atoms with Crippen LogP contribution in [0.25, 0.3) is 0 Å². The summed E-state index contributed by atoms with van der Waals surface area (Å²) in [6.07, 6.45) is 20.8. The summed E-state index contributed by atoms with van der Waals surface area (Å²) in [5.41, 5.74) is 0. The molecule has 0 rings (SSSR count). The summed E-state index contributed by atoms with van der Waals surface area (Å²) in [5, 5.41) is 0. The van der Waals surface area contributed by atoms with Gasteiger partial charge in [0.15, 0.2) is 0 Å². The molecule has 0 nitrogen and oxygen atoms in total. The molecule has 0 saturated heterocycles. The third-order valence-electron chi connectivity index (χ3n) is 2.60. The minimum Gasteiger partial charge on any atom is -0.150 e. The van der Waals surface area contributed by atoms with Gasteiger partial charge in [-0.1, -0.05) is 64.7 Å². The van der Waals surface area contributed by atoms with Crippen LogP contribution >= 0.6 is 11.8 Å². The smallest absolute Gasteiger partial charge is 0.0686 e. The monoisotopic (exact) mass is 213 g/mol. The zero-order valence-electron chi connectivity index (χ0n) is 9.69. The van der Waals surface area contributed by atoms with E-state index in [4.69, 9.17) is 6.26 Å². The van der Waals surface area contributed by atoms with Crippen molar-refractivity contribution in [1.29, 1.82) is 0 Å². The maximum absolute atomic E-state index is 6.93. The summed E-state index contributed by atoms with van der Waals surface area (Å²) >= 11 is 1.23. The van der Waals surface area contributed by atoms with Gasteiger partial charge in [0.1, 0.15) is 0 Å². The number of hydrogen-bond acceptors (Lipinski definition) is 1. The summed E-state index contributed by atoms with van der Waals surface area (Å²) in [6, 6.07) is 0. The van der Waals surface area contributed by atoms with Crippen molar-refractivity contribution < 1.29 is 0 Å². The van der Waals surface area contributed by atoms with Gasteiger partial charge in [-0.05, 0) is 12.2 Å². The molecule has 0 aromatic rings. The highest BCUT2D eigenvalue weighted by Crippen LogP contribution is 2.11. The van der Waals surface area contributed by atoms with Crippen LogP contribution in [0.15, 0.2) is 0 Å². The van der Waals surface area contributed by atoms with Crippen molar-refractivity contribution in [2.75, 3.05) is 5.75 Å². The lowest BCUT2D eigenvalue weighted by molar-refractivity contribution is 0.563. The first-order valence-corrected chi connectivity index (χ1v) is 7.19. The van der Waals surface area contributed by atoms with Crippen molar-refractivity contribution >= 4 is 11.8 Å². The van der Waals surface area contributed by atoms with Gasteiger partial charge in [0.05, 0.1) is 6.26 Å². The van der Waals surface area contributed by atoms with Crippen LogP contribution in [0, 0.1) is 6.26 Å². The Kier molecular flexibility index (Phi) is 13.7. The molecule has 0 amide bonds. The van der Waals surface area contributed by atoms with Crippen LogP contribution in [0.2, 0.25) is 0 Å². The molecule has 0 atom stereocenters. The number of thioether (sulfide) groups is 1. The van der Waals surface area contributed by atoms with Crippen LogP contribution < -0.4 is 0 Å². The molecular formula is C13H25S. The van der Waals surface area contributed by atoms with Crippen LogP contribution in [0.1, 0.15) is 71.1 Å². The maximum atomic E-state index is 6.93. The average Bonchev–Trinajstić information content (AvgIpc) is 2.21. The molecular weight excluding hydrogens is 188 g/mol. The summed E-state index contributed by atoms with van der Waals surface area (Å²) in [6.45, 7) is 2.27. The first kappa shape index (κ1) is 14.3. The summed E-state index contributed by atoms with van der Waals surface area (Å²) < 4.78 is 0. The Bertz CT molecular complexity index is 79.2. The van der Waals surface area contributed by atoms with Gasteiger partial charge in [-0.15, -0.1) is 0 Å². The molecule has 0 aromatic carbocycles. The quantitative estimate of drug-likeness (QED) is 0.426. The molecule has 0 aliphatic carbocycles. The fraction of sp³-hybridized carbons (Fsp3) is 0.923. The van der Waals surface area contributed by atoms with Crippen molar-refractivity contribution in [3.63, 3.8) is 0 Å². The lowest BCUT2D eigenvalue weighted by Crippen LogP contribution is -1.82. The minimum atomic E-state index is 1.02. The van der Waals surface area contributed by atoms with E-state index in [2.05, 4.69) is 6.92 Å². The molecule has 0 aromatic heterocycles. The SMILES string of the molecule is [C]SCCCCCCCCCCCC. The number of rotatable bonds is 11. The molecule has 83 valence electrons. The van der Waals surface area contributed by atoms with Crippen LogP contribution in [-0.2, 0) is 0 Å². The predicted molar refractivity (Wildman–Crippen MR) is 67.5 cm³/mol. The minimum absolute atomic E-state index is 1.02. The second kappa shape index (κ2) is 13.4. The van der Waals surface area contributed by atoms with E-state index < -0.39 is 0 Å². The first-order chi connectivity index (χ1) is 6.91. The molecule has 1 heteroatoms. The van der Waals surface area contributed by atoms with E-state index in [1.54, 1.807) is 0 Å². The van der Waals surface area contributed by atoms with Gasteiger partial charge in [-0.3, -0.25) is 0 Å². The van der Waals surface area contributed by atoms with Crippen LogP contribution in [0.3, 0.4) is 0 Å². The molecule has 0 unspecified atom stereocenters. The second-order valence-corrected chi connectivity index (χ2v) is 4.73. The summed E-state index contributed by atoms with van der Waals surface area (Å²) in [4.78, 5) is 0. The topological polar surface area (TPSA) is 0 Å². The fourth-order valence-electron chi connectivity index (χ4n) is 1.66. The van der Waals surface area contributed by atoms with Crippen molar-refractivity contribution in [3.8, 4) is 0 Å². The molecule has 3 radical (unpaired) electrons. The van der Waals surface area contributed by atoms with Gasteiger partial charge in [0.2, 0.25) is 0 Å². The van der Waals surface area contributed by atoms with Crippen LogP contribution in [-0.4, -0.2) is 5.75 Å². The van der Waals surface area contributed by atoms with Crippen molar-refractivity contribution in [2.45, 2.75) is 71.1 Å². The van der Waals surface area contributed by atoms with E-state index in [9.17, 15) is 0 Å². The molecule has 14 heavy (non-hydrogen) atoms. The fourth-order valence-corrected chi connectivity index (χ4v) is 2.01. The normalized spacial score (nSPS) is 10.7. The standard InChI is InChI=1S/C13H25S/c1-3-4-5-6-7-8-9-10-11-12-13-14-2/h3-13H2,1H3. The molecule has 0 N–H and O–H groups in total. The van der Waals surface area contributed by atoms with E-state index in [1.807, 2.05) is 0 Å². The molecule has 0 saturated carbocycles. The van der Waals surface area contributed by atoms with Crippen LogP contribution in [0.4, 0.5) is 0 Å². The third kappa shape index (κ3) is 12.3. The van der Waals surface area contributed by atoms with Gasteiger partial charge in [-0.25, -0.2) is 0 Å². The Morgan fingerprint density at radius 3 is 1.57 bits per heavy atom. The Labute approximate surface area is 95.2 Å². The maximum Gasteiger partial charge on any atom is 0.0686 e. The van der Waals surface area contributed by atoms with E-state index in [-0.39, 0.29) is 0 Å². The lowest BCUT2D eigenvalue weighted by Gasteiger charge is -2.01. The lowest BCUT2D eigenvalue weighted by atomic mass is 10.1. The summed E-state index contributed by atoms with van der Waals surface area (Å²) in [5.74, 6) is 1.02. The van der Waals surface area contributed by atoms with Gasteiger partial charge in [0, 0.05) is 0 Å². The molecule has 0 fully saturated rings. The molecule has 0 aliphatic heterocycles. The van der Waals surface area contributed by atoms with Gasteiger partial charge >= 0.3 is 0 Å². The van der Waals surface area contributed by atoms with E-state index >= 15 is 0 Å². The zero-order chi connectivity index (χ0) is 10.5. The zero-order valence-corrected chi connectivity index (χ0v) is 10.5. The van der Waals surface area contributed by atoms with Crippen LogP contribution in [0.5, 0.6) is 0 Å². The number of hydrogen-bond donors (Lipinski definition) is 0. The highest BCUT2D eigenvalue weighted by atomic mass is 32.2. The first-order valence-electron chi connectivity index (χ1n) is 6.20. The highest BCUT2D eigenvalue weighted by molar-refractivity contribution is 8.00. The Morgan fingerprint density at radius 2 is 1.14 bits per heavy atom. The highest BCUT2D eigenvalue weighted by Gasteiger charge is 1.91. The van der Waals surface area contributed by atoms with Crippen molar-refractivity contribution in [2.24, 2.45) is 0 Å². The van der Waals surface area contributed by atoms with E-state index in [1.165, 1.54) is 76.0 Å². The molecule has 0 spiro atoms. The van der Waals surface area contributed by atoms with Gasteiger partial charge in [-0.2, -0.15) is 11.8 Å². The molecule has 0 heterocycles. The van der Waals surface area contributed by atoms with Gasteiger partial charge < -0.3 is 0 Å². The molecule has 0 aliphatic rings. The van der Waals surface area contributed by atoms with Crippen molar-refractivity contribution in [3.05, 3.63) is 6.26 Å². The van der Waals surface area contributed by atoms with E-state index in [0.717, 1.165) is 5.75 Å². The second-order valence-electron chi connectivity index (χ2n) is 4.03. The molecule has 0 bridgehead atoms.